The van der Waals surface area contributed by atoms with Crippen LogP contribution in [0.2, 0.25) is 5.02 Å². The van der Waals surface area contributed by atoms with Gasteiger partial charge in [-0.05, 0) is 40.8 Å². The van der Waals surface area contributed by atoms with Crippen LogP contribution in [0.5, 0.6) is 0 Å². The van der Waals surface area contributed by atoms with Crippen molar-refractivity contribution in [3.63, 3.8) is 0 Å². The van der Waals surface area contributed by atoms with Gasteiger partial charge in [-0.15, -0.1) is 5.10 Å². The molecule has 0 radical (unpaired) electrons. The van der Waals surface area contributed by atoms with Crippen molar-refractivity contribution in [2.24, 2.45) is 0 Å². The van der Waals surface area contributed by atoms with E-state index in [-0.39, 0.29) is 5.02 Å². The van der Waals surface area contributed by atoms with Gasteiger partial charge in [0.05, 0.1) is 10.7 Å². The number of nitrogens with zero attached hydrogens (tertiary/aromatic N) is 4. The normalized spacial score (nSPS) is 10.7. The van der Waals surface area contributed by atoms with E-state index in [1.54, 1.807) is 18.2 Å². The average molecular weight is 290 g/mol. The lowest BCUT2D eigenvalue weighted by molar-refractivity contribution is 0.627. The lowest BCUT2D eigenvalue weighted by Crippen LogP contribution is -2.01. The summed E-state index contributed by atoms with van der Waals surface area (Å²) in [6.45, 7) is 0. The first-order valence-electron chi connectivity index (χ1n) is 5.75. The van der Waals surface area contributed by atoms with Gasteiger partial charge in [0.25, 0.3) is 0 Å². The average Bonchev–Trinajstić information content (AvgIpc) is 2.87. The quantitative estimate of drug-likeness (QED) is 0.736. The third-order valence-electron chi connectivity index (χ3n) is 2.75. The number of nitrogens with two attached hydrogens (primary N) is 1. The van der Waals surface area contributed by atoms with Crippen LogP contribution >= 0.6 is 11.6 Å². The molecule has 2 aromatic carbocycles. The Kier molecular flexibility index (Phi) is 3.08. The zero-order valence-electron chi connectivity index (χ0n) is 10.2. The standard InChI is InChI=1S/C13H9ClFN5/c14-11-7-9(15)4-5-12(11)20-13(17-18-19-20)8-2-1-3-10(16)6-8/h1-7H,16H2. The highest BCUT2D eigenvalue weighted by Crippen LogP contribution is 2.26. The van der Waals surface area contributed by atoms with Crippen LogP contribution < -0.4 is 5.73 Å². The molecule has 3 rings (SSSR count). The second kappa shape index (κ2) is 4.90. The van der Waals surface area contributed by atoms with E-state index in [0.29, 0.717) is 17.2 Å². The second-order valence-corrected chi connectivity index (χ2v) is 4.54. The highest BCUT2D eigenvalue weighted by Gasteiger charge is 2.13. The van der Waals surface area contributed by atoms with Crippen molar-refractivity contribution in [3.8, 4) is 17.1 Å². The molecule has 0 atom stereocenters. The molecular formula is C13H9ClFN5. The summed E-state index contributed by atoms with van der Waals surface area (Å²) in [6.07, 6.45) is 0. The van der Waals surface area contributed by atoms with Crippen LogP contribution in [-0.4, -0.2) is 20.2 Å². The van der Waals surface area contributed by atoms with Crippen molar-refractivity contribution >= 4 is 17.3 Å². The van der Waals surface area contributed by atoms with Crippen molar-refractivity contribution in [2.75, 3.05) is 5.73 Å². The van der Waals surface area contributed by atoms with E-state index >= 15 is 0 Å². The van der Waals surface area contributed by atoms with Gasteiger partial charge in [-0.1, -0.05) is 23.7 Å². The highest BCUT2D eigenvalue weighted by atomic mass is 35.5. The number of benzene rings is 2. The smallest absolute Gasteiger partial charge is 0.187 e. The Morgan fingerprint density at radius 2 is 2.00 bits per heavy atom. The summed E-state index contributed by atoms with van der Waals surface area (Å²) in [5.74, 6) is 0.0585. The molecule has 0 unspecified atom stereocenters. The van der Waals surface area contributed by atoms with Gasteiger partial charge in [0, 0.05) is 11.3 Å². The maximum absolute atomic E-state index is 13.1. The van der Waals surface area contributed by atoms with Crippen molar-refractivity contribution in [1.29, 1.82) is 0 Å². The molecule has 0 saturated heterocycles. The summed E-state index contributed by atoms with van der Waals surface area (Å²) < 4.78 is 14.5. The van der Waals surface area contributed by atoms with E-state index in [9.17, 15) is 4.39 Å². The molecular weight excluding hydrogens is 281 g/mol. The molecule has 7 heteroatoms. The molecule has 0 bridgehead atoms. The molecule has 100 valence electrons. The number of aromatic nitrogens is 4. The molecule has 0 aliphatic heterocycles. The Balaban J connectivity index is 2.15. The molecule has 1 heterocycles. The van der Waals surface area contributed by atoms with Crippen LogP contribution in [0, 0.1) is 5.82 Å². The molecule has 0 aliphatic rings. The van der Waals surface area contributed by atoms with Crippen molar-refractivity contribution in [3.05, 3.63) is 53.3 Å². The van der Waals surface area contributed by atoms with Gasteiger partial charge < -0.3 is 5.73 Å². The SMILES string of the molecule is Nc1cccc(-c2nnnn2-c2ccc(F)cc2Cl)c1. The predicted molar refractivity (Wildman–Crippen MR) is 74.0 cm³/mol. The molecule has 0 amide bonds. The molecule has 5 nitrogen and oxygen atoms in total. The zero-order valence-corrected chi connectivity index (χ0v) is 10.9. The van der Waals surface area contributed by atoms with Crippen molar-refractivity contribution in [2.45, 2.75) is 0 Å². The van der Waals surface area contributed by atoms with Crippen molar-refractivity contribution < 1.29 is 4.39 Å². The van der Waals surface area contributed by atoms with Crippen LogP contribution in [0.3, 0.4) is 0 Å². The largest absolute Gasteiger partial charge is 0.399 e. The lowest BCUT2D eigenvalue weighted by Gasteiger charge is -2.07. The summed E-state index contributed by atoms with van der Waals surface area (Å²) >= 11 is 6.03. The van der Waals surface area contributed by atoms with Gasteiger partial charge in [0.2, 0.25) is 0 Å². The zero-order chi connectivity index (χ0) is 14.1. The van der Waals surface area contributed by atoms with E-state index < -0.39 is 5.82 Å². The van der Waals surface area contributed by atoms with Gasteiger partial charge in [-0.2, -0.15) is 4.68 Å². The summed E-state index contributed by atoms with van der Waals surface area (Å²) in [6, 6.07) is 11.2. The van der Waals surface area contributed by atoms with Crippen LogP contribution in [0.4, 0.5) is 10.1 Å². The number of halogens is 2. The van der Waals surface area contributed by atoms with E-state index in [4.69, 9.17) is 17.3 Å². The van der Waals surface area contributed by atoms with Crippen LogP contribution in [0.25, 0.3) is 17.1 Å². The van der Waals surface area contributed by atoms with Gasteiger partial charge >= 0.3 is 0 Å². The number of anilines is 1. The third-order valence-corrected chi connectivity index (χ3v) is 3.05. The number of hydrogen-bond donors (Lipinski definition) is 1. The summed E-state index contributed by atoms with van der Waals surface area (Å²) in [4.78, 5) is 0. The number of tetrazole rings is 1. The highest BCUT2D eigenvalue weighted by molar-refractivity contribution is 6.32. The lowest BCUT2D eigenvalue weighted by atomic mass is 10.2. The minimum Gasteiger partial charge on any atom is -0.399 e. The molecule has 20 heavy (non-hydrogen) atoms. The number of nitrogen functional groups attached to an aromatic ring is 1. The van der Waals surface area contributed by atoms with Gasteiger partial charge in [-0.25, -0.2) is 4.39 Å². The molecule has 3 aromatic rings. The van der Waals surface area contributed by atoms with Crippen LogP contribution in [0.15, 0.2) is 42.5 Å². The third kappa shape index (κ3) is 2.21. The summed E-state index contributed by atoms with van der Waals surface area (Å²) in [5.41, 5.74) is 7.59. The minimum absolute atomic E-state index is 0.224. The Bertz CT molecular complexity index is 771. The predicted octanol–water partition coefficient (Wildman–Crippen LogP) is 2.70. The molecule has 1 aromatic heterocycles. The second-order valence-electron chi connectivity index (χ2n) is 4.14. The molecule has 0 saturated carbocycles. The van der Waals surface area contributed by atoms with Crippen molar-refractivity contribution in [1.82, 2.24) is 20.2 Å². The summed E-state index contributed by atoms with van der Waals surface area (Å²) in [7, 11) is 0. The van der Waals surface area contributed by atoms with E-state index in [1.165, 1.54) is 22.9 Å². The summed E-state index contributed by atoms with van der Waals surface area (Å²) in [5, 5.41) is 11.7. The van der Waals surface area contributed by atoms with Crippen LogP contribution in [-0.2, 0) is 0 Å². The Labute approximate surface area is 118 Å². The fraction of sp³-hybridized carbons (Fsp3) is 0. The first-order chi connectivity index (χ1) is 9.65. The molecule has 0 fully saturated rings. The minimum atomic E-state index is -0.419. The Morgan fingerprint density at radius 1 is 1.15 bits per heavy atom. The van der Waals surface area contributed by atoms with Gasteiger partial charge in [0.1, 0.15) is 5.82 Å². The van der Waals surface area contributed by atoms with Crippen LogP contribution in [0.1, 0.15) is 0 Å². The maximum Gasteiger partial charge on any atom is 0.187 e. The first-order valence-corrected chi connectivity index (χ1v) is 6.12. The molecule has 0 aliphatic carbocycles. The molecule has 0 spiro atoms. The van der Waals surface area contributed by atoms with E-state index in [2.05, 4.69) is 15.5 Å². The van der Waals surface area contributed by atoms with Gasteiger partial charge in [0.15, 0.2) is 5.82 Å². The fourth-order valence-electron chi connectivity index (χ4n) is 1.86. The fourth-order valence-corrected chi connectivity index (χ4v) is 2.11. The first kappa shape index (κ1) is 12.6. The van der Waals surface area contributed by atoms with E-state index in [0.717, 1.165) is 5.56 Å². The van der Waals surface area contributed by atoms with E-state index in [1.807, 2.05) is 6.07 Å². The number of hydrogen-bond acceptors (Lipinski definition) is 4. The molecule has 2 N–H and O–H groups in total. The monoisotopic (exact) mass is 289 g/mol. The number of rotatable bonds is 2. The van der Waals surface area contributed by atoms with Gasteiger partial charge in [-0.3, -0.25) is 0 Å². The maximum atomic E-state index is 13.1. The Morgan fingerprint density at radius 3 is 2.75 bits per heavy atom. The Hall–Kier alpha value is -2.47. The topological polar surface area (TPSA) is 69.6 Å².